The normalized spacial score (nSPS) is 16.6. The molecule has 5 nitrogen and oxygen atoms in total. The molecule has 0 bridgehead atoms. The molecule has 1 aromatic carbocycles. The lowest BCUT2D eigenvalue weighted by atomic mass is 10.1. The number of aliphatic hydroxyl groups is 1. The fourth-order valence-corrected chi connectivity index (χ4v) is 3.13. The number of nitrogens with one attached hydrogen (secondary N) is 1. The van der Waals surface area contributed by atoms with Gasteiger partial charge in [0, 0.05) is 16.7 Å². The third-order valence-electron chi connectivity index (χ3n) is 3.68. The number of aromatic nitrogens is 1. The van der Waals surface area contributed by atoms with E-state index in [4.69, 9.17) is 0 Å². The summed E-state index contributed by atoms with van der Waals surface area (Å²) in [6.45, 7) is 4.57. The van der Waals surface area contributed by atoms with E-state index in [0.717, 1.165) is 16.3 Å². The Morgan fingerprint density at radius 3 is 2.92 bits per heavy atom. The van der Waals surface area contributed by atoms with E-state index in [2.05, 4.69) is 22.1 Å². The molecule has 0 aliphatic heterocycles. The third kappa shape index (κ3) is 4.17. The largest absolute Gasteiger partial charge is 0.385 e. The lowest BCUT2D eigenvalue weighted by Crippen LogP contribution is -2.10. The smallest absolute Gasteiger partial charge is 0.116 e. The fraction of sp³-hybridized carbons (Fsp3) is 0.105. The van der Waals surface area contributed by atoms with Crippen LogP contribution in [-0.2, 0) is 6.54 Å². The van der Waals surface area contributed by atoms with E-state index in [1.807, 2.05) is 35.7 Å². The number of rotatable bonds is 6. The standard InChI is InChI=1S/C19H17N3O2S/c1-13(14-6-3-2-4-7-14)20-11-19-21-18(12-25-19)16-9-5-8-15(23)10-17(16)22-24/h2-10,12,15,20,23H,1,11H2. The maximum atomic E-state index is 11.1. The van der Waals surface area contributed by atoms with Gasteiger partial charge in [-0.05, 0) is 16.8 Å². The van der Waals surface area contributed by atoms with E-state index >= 15 is 0 Å². The van der Waals surface area contributed by atoms with E-state index in [-0.39, 0.29) is 5.70 Å². The first-order valence-corrected chi connectivity index (χ1v) is 8.60. The molecular weight excluding hydrogens is 334 g/mol. The van der Waals surface area contributed by atoms with Crippen LogP contribution in [0.2, 0.25) is 0 Å². The first-order valence-electron chi connectivity index (χ1n) is 7.72. The third-order valence-corrected chi connectivity index (χ3v) is 4.53. The van der Waals surface area contributed by atoms with Crippen molar-refractivity contribution < 1.29 is 5.11 Å². The molecule has 0 fully saturated rings. The van der Waals surface area contributed by atoms with Crippen LogP contribution in [0.3, 0.4) is 0 Å². The average molecular weight is 351 g/mol. The zero-order chi connectivity index (χ0) is 17.6. The number of hydrogen-bond acceptors (Lipinski definition) is 6. The van der Waals surface area contributed by atoms with Crippen molar-refractivity contribution in [2.45, 2.75) is 12.6 Å². The Labute approximate surface area is 149 Å². The Kier molecular flexibility index (Phi) is 5.33. The van der Waals surface area contributed by atoms with Crippen molar-refractivity contribution in [2.24, 2.45) is 5.18 Å². The predicted molar refractivity (Wildman–Crippen MR) is 101 cm³/mol. The van der Waals surface area contributed by atoms with Crippen molar-refractivity contribution in [1.29, 1.82) is 0 Å². The Balaban J connectivity index is 1.71. The second kappa shape index (κ2) is 7.83. The van der Waals surface area contributed by atoms with Gasteiger partial charge in [-0.2, -0.15) is 0 Å². The van der Waals surface area contributed by atoms with Gasteiger partial charge in [0.05, 0.1) is 18.3 Å². The SMILES string of the molecule is C=C(NCc1nc(C2=CC=CC(O)C=C2N=O)cs1)c1ccccc1. The van der Waals surface area contributed by atoms with Crippen molar-refractivity contribution in [3.05, 3.63) is 93.5 Å². The molecule has 0 saturated carbocycles. The molecule has 0 amide bonds. The van der Waals surface area contributed by atoms with Crippen LogP contribution < -0.4 is 5.32 Å². The highest BCUT2D eigenvalue weighted by molar-refractivity contribution is 7.09. The lowest BCUT2D eigenvalue weighted by molar-refractivity contribution is 0.271. The molecule has 1 aliphatic carbocycles. The molecular formula is C19H17N3O2S. The van der Waals surface area contributed by atoms with Gasteiger partial charge in [0.1, 0.15) is 10.7 Å². The molecule has 1 atom stereocenters. The molecule has 1 unspecified atom stereocenters. The number of nitroso groups, excluding NO2 is 1. The van der Waals surface area contributed by atoms with E-state index in [9.17, 15) is 10.0 Å². The van der Waals surface area contributed by atoms with Gasteiger partial charge in [-0.15, -0.1) is 16.2 Å². The molecule has 2 N–H and O–H groups in total. The van der Waals surface area contributed by atoms with Crippen molar-refractivity contribution in [3.8, 4) is 0 Å². The van der Waals surface area contributed by atoms with Crippen LogP contribution in [-0.4, -0.2) is 16.2 Å². The van der Waals surface area contributed by atoms with Crippen LogP contribution in [0.5, 0.6) is 0 Å². The lowest BCUT2D eigenvalue weighted by Gasteiger charge is -2.07. The second-order valence-electron chi connectivity index (χ2n) is 5.42. The summed E-state index contributed by atoms with van der Waals surface area (Å²) in [5, 5.41) is 18.7. The zero-order valence-electron chi connectivity index (χ0n) is 13.4. The fourth-order valence-electron chi connectivity index (χ4n) is 2.39. The molecule has 1 aromatic heterocycles. The molecule has 0 radical (unpaired) electrons. The first-order chi connectivity index (χ1) is 12.2. The van der Waals surface area contributed by atoms with Gasteiger partial charge in [-0.3, -0.25) is 0 Å². The molecule has 1 aliphatic rings. The molecule has 0 spiro atoms. The van der Waals surface area contributed by atoms with Crippen molar-refractivity contribution in [2.75, 3.05) is 0 Å². The van der Waals surface area contributed by atoms with Gasteiger partial charge in [-0.1, -0.05) is 55.1 Å². The Hall–Kier alpha value is -2.83. The molecule has 25 heavy (non-hydrogen) atoms. The maximum Gasteiger partial charge on any atom is 0.116 e. The van der Waals surface area contributed by atoms with Crippen LogP contribution in [0.25, 0.3) is 11.3 Å². The molecule has 0 saturated heterocycles. The van der Waals surface area contributed by atoms with E-state index in [1.54, 1.807) is 18.2 Å². The monoisotopic (exact) mass is 351 g/mol. The predicted octanol–water partition coefficient (Wildman–Crippen LogP) is 3.87. The number of hydrogen-bond donors (Lipinski definition) is 2. The van der Waals surface area contributed by atoms with Gasteiger partial charge in [0.2, 0.25) is 0 Å². The average Bonchev–Trinajstić information content (AvgIpc) is 3.02. The van der Waals surface area contributed by atoms with E-state index < -0.39 is 6.10 Å². The van der Waals surface area contributed by atoms with E-state index in [0.29, 0.717) is 17.8 Å². The van der Waals surface area contributed by atoms with Gasteiger partial charge in [0.25, 0.3) is 0 Å². The summed E-state index contributed by atoms with van der Waals surface area (Å²) in [5.41, 5.74) is 3.31. The highest BCUT2D eigenvalue weighted by Crippen LogP contribution is 2.28. The van der Waals surface area contributed by atoms with Crippen LogP contribution in [0.1, 0.15) is 16.3 Å². The second-order valence-corrected chi connectivity index (χ2v) is 6.37. The van der Waals surface area contributed by atoms with E-state index in [1.165, 1.54) is 17.4 Å². The highest BCUT2D eigenvalue weighted by Gasteiger charge is 2.15. The van der Waals surface area contributed by atoms with Crippen molar-refractivity contribution in [3.63, 3.8) is 0 Å². The Morgan fingerprint density at radius 2 is 2.16 bits per heavy atom. The molecule has 6 heteroatoms. The maximum absolute atomic E-state index is 11.1. The molecule has 126 valence electrons. The number of thiazole rings is 1. The van der Waals surface area contributed by atoms with Gasteiger partial charge in [0.15, 0.2) is 0 Å². The van der Waals surface area contributed by atoms with Gasteiger partial charge < -0.3 is 10.4 Å². The van der Waals surface area contributed by atoms with Crippen molar-refractivity contribution >= 4 is 22.6 Å². The summed E-state index contributed by atoms with van der Waals surface area (Å²) in [6, 6.07) is 9.86. The number of nitrogens with zero attached hydrogens (tertiary/aromatic N) is 2. The van der Waals surface area contributed by atoms with Gasteiger partial charge >= 0.3 is 0 Å². The minimum Gasteiger partial charge on any atom is -0.385 e. The summed E-state index contributed by atoms with van der Waals surface area (Å²) in [5.74, 6) is 0. The van der Waals surface area contributed by atoms with Crippen LogP contribution in [0, 0.1) is 4.91 Å². The number of allylic oxidation sites excluding steroid dienone is 3. The van der Waals surface area contributed by atoms with Crippen LogP contribution in [0.15, 0.2) is 77.5 Å². The summed E-state index contributed by atoms with van der Waals surface area (Å²) in [4.78, 5) is 15.6. The van der Waals surface area contributed by atoms with Crippen LogP contribution >= 0.6 is 11.3 Å². The quantitative estimate of drug-likeness (QED) is 0.775. The summed E-state index contributed by atoms with van der Waals surface area (Å²) >= 11 is 1.49. The first kappa shape index (κ1) is 17.0. The number of aliphatic hydroxyl groups excluding tert-OH is 1. The number of benzene rings is 1. The molecule has 1 heterocycles. The van der Waals surface area contributed by atoms with Crippen molar-refractivity contribution in [1.82, 2.24) is 10.3 Å². The summed E-state index contributed by atoms with van der Waals surface area (Å²) in [7, 11) is 0. The van der Waals surface area contributed by atoms with Crippen LogP contribution in [0.4, 0.5) is 0 Å². The topological polar surface area (TPSA) is 74.6 Å². The zero-order valence-corrected chi connectivity index (χ0v) is 14.2. The minimum atomic E-state index is -0.824. The molecule has 3 rings (SSSR count). The highest BCUT2D eigenvalue weighted by atomic mass is 32.1. The Morgan fingerprint density at radius 1 is 1.36 bits per heavy atom. The Bertz CT molecular complexity index is 866. The summed E-state index contributed by atoms with van der Waals surface area (Å²) in [6.07, 6.45) is 5.60. The summed E-state index contributed by atoms with van der Waals surface area (Å²) < 4.78 is 0. The minimum absolute atomic E-state index is 0.191. The molecule has 2 aromatic rings. The van der Waals surface area contributed by atoms with Gasteiger partial charge in [-0.25, -0.2) is 4.98 Å².